The van der Waals surface area contributed by atoms with E-state index in [1.54, 1.807) is 7.05 Å². The zero-order valence-electron chi connectivity index (χ0n) is 13.1. The molecule has 0 saturated carbocycles. The van der Waals surface area contributed by atoms with Crippen molar-refractivity contribution in [2.24, 2.45) is 0 Å². The number of nitrogens with one attached hydrogen (secondary N) is 1. The van der Waals surface area contributed by atoms with Crippen LogP contribution >= 0.6 is 0 Å². The van der Waals surface area contributed by atoms with Gasteiger partial charge < -0.3 is 10.1 Å². The predicted octanol–water partition coefficient (Wildman–Crippen LogP) is -0.0459. The highest BCUT2D eigenvalue weighted by atomic mass is 32.2. The number of carbonyl (C=O) groups excluding carboxylic acids is 1. The van der Waals surface area contributed by atoms with Gasteiger partial charge >= 0.3 is 0 Å². The van der Waals surface area contributed by atoms with Gasteiger partial charge in [-0.3, -0.25) is 4.79 Å². The van der Waals surface area contributed by atoms with Crippen LogP contribution in [0.3, 0.4) is 0 Å². The summed E-state index contributed by atoms with van der Waals surface area (Å²) >= 11 is 0. The van der Waals surface area contributed by atoms with Gasteiger partial charge in [0.15, 0.2) is 0 Å². The number of carbonyl (C=O) groups is 1. The Labute approximate surface area is 136 Å². The monoisotopic (exact) mass is 339 g/mol. The molecule has 8 heteroatoms. The summed E-state index contributed by atoms with van der Waals surface area (Å²) < 4.78 is 33.9. The Morgan fingerprint density at radius 3 is 2.74 bits per heavy atom. The van der Waals surface area contributed by atoms with Crippen molar-refractivity contribution < 1.29 is 17.9 Å². The average Bonchev–Trinajstić information content (AvgIpc) is 2.96. The summed E-state index contributed by atoms with van der Waals surface area (Å²) in [5, 5.41) is 2.76. The van der Waals surface area contributed by atoms with Crippen molar-refractivity contribution in [1.82, 2.24) is 13.9 Å². The molecule has 2 aliphatic rings. The number of hydrogen-bond acceptors (Lipinski definition) is 4. The first kappa shape index (κ1) is 16.4. The molecular weight excluding hydrogens is 318 g/mol. The van der Waals surface area contributed by atoms with E-state index in [4.69, 9.17) is 4.74 Å². The standard InChI is InChI=1S/C15H21N3O4S/c1-17(9-13-5-3-2-4-6-13)23(20,21)18-8-7-15(12-18)11-16-14(19)10-22-15/h2-6H,7-12H2,1H3,(H,16,19). The number of nitrogens with zero attached hydrogens (tertiary/aromatic N) is 2. The predicted molar refractivity (Wildman–Crippen MR) is 84.7 cm³/mol. The highest BCUT2D eigenvalue weighted by molar-refractivity contribution is 7.86. The van der Waals surface area contributed by atoms with Crippen LogP contribution < -0.4 is 5.32 Å². The fraction of sp³-hybridized carbons (Fsp3) is 0.533. The molecule has 2 fully saturated rings. The molecule has 1 spiro atoms. The van der Waals surface area contributed by atoms with E-state index in [1.165, 1.54) is 8.61 Å². The highest BCUT2D eigenvalue weighted by Crippen LogP contribution is 2.29. The van der Waals surface area contributed by atoms with E-state index in [1.807, 2.05) is 30.3 Å². The van der Waals surface area contributed by atoms with Crippen molar-refractivity contribution in [2.75, 3.05) is 33.3 Å². The number of hydrogen-bond donors (Lipinski definition) is 1. The second-order valence-corrected chi connectivity index (χ2v) is 8.12. The summed E-state index contributed by atoms with van der Waals surface area (Å²) in [6.07, 6.45) is 0.589. The van der Waals surface area contributed by atoms with Crippen LogP contribution in [-0.2, 0) is 26.3 Å². The first-order valence-electron chi connectivity index (χ1n) is 7.57. The summed E-state index contributed by atoms with van der Waals surface area (Å²) in [5.74, 6) is -0.155. The Balaban J connectivity index is 1.67. The largest absolute Gasteiger partial charge is 0.362 e. The molecule has 2 aliphatic heterocycles. The minimum atomic E-state index is -3.55. The fourth-order valence-electron chi connectivity index (χ4n) is 2.97. The van der Waals surface area contributed by atoms with Crippen molar-refractivity contribution in [3.05, 3.63) is 35.9 Å². The van der Waals surface area contributed by atoms with E-state index in [2.05, 4.69) is 5.32 Å². The lowest BCUT2D eigenvalue weighted by molar-refractivity contribution is -0.141. The van der Waals surface area contributed by atoms with Gasteiger partial charge in [-0.1, -0.05) is 30.3 Å². The van der Waals surface area contributed by atoms with E-state index in [9.17, 15) is 13.2 Å². The van der Waals surface area contributed by atoms with Gasteiger partial charge in [0.05, 0.1) is 0 Å². The van der Waals surface area contributed by atoms with Gasteiger partial charge in [-0.2, -0.15) is 17.0 Å². The van der Waals surface area contributed by atoms with Gasteiger partial charge in [-0.25, -0.2) is 0 Å². The number of benzene rings is 1. The molecule has 1 unspecified atom stereocenters. The maximum Gasteiger partial charge on any atom is 0.282 e. The Morgan fingerprint density at radius 2 is 2.09 bits per heavy atom. The zero-order valence-corrected chi connectivity index (χ0v) is 13.9. The Hall–Kier alpha value is -1.48. The minimum absolute atomic E-state index is 0.00621. The SMILES string of the molecule is CN(Cc1ccccc1)S(=O)(=O)N1CCC2(CNC(=O)CO2)C1. The number of morpholine rings is 1. The van der Waals surface area contributed by atoms with Crippen LogP contribution in [0, 0.1) is 0 Å². The summed E-state index contributed by atoms with van der Waals surface area (Å²) in [5.41, 5.74) is 0.350. The van der Waals surface area contributed by atoms with E-state index in [0.29, 0.717) is 26.1 Å². The lowest BCUT2D eigenvalue weighted by atomic mass is 10.0. The number of ether oxygens (including phenoxy) is 1. The van der Waals surface area contributed by atoms with Gasteiger partial charge in [0.1, 0.15) is 12.2 Å². The van der Waals surface area contributed by atoms with Crippen molar-refractivity contribution in [3.8, 4) is 0 Å². The molecule has 0 aromatic heterocycles. The molecule has 1 aromatic rings. The molecule has 1 aromatic carbocycles. The Morgan fingerprint density at radius 1 is 1.35 bits per heavy atom. The number of amides is 1. The molecule has 7 nitrogen and oxygen atoms in total. The first-order chi connectivity index (χ1) is 10.9. The minimum Gasteiger partial charge on any atom is -0.362 e. The van der Waals surface area contributed by atoms with Gasteiger partial charge in [0.2, 0.25) is 5.91 Å². The summed E-state index contributed by atoms with van der Waals surface area (Å²) in [6, 6.07) is 9.48. The lowest BCUT2D eigenvalue weighted by Gasteiger charge is -2.33. The van der Waals surface area contributed by atoms with Crippen LogP contribution in [0.1, 0.15) is 12.0 Å². The smallest absolute Gasteiger partial charge is 0.282 e. The molecule has 0 bridgehead atoms. The van der Waals surface area contributed by atoms with Crippen LogP contribution in [0.15, 0.2) is 30.3 Å². The van der Waals surface area contributed by atoms with Gasteiger partial charge in [-0.15, -0.1) is 0 Å². The first-order valence-corrected chi connectivity index (χ1v) is 8.97. The molecule has 2 saturated heterocycles. The molecular formula is C15H21N3O4S. The van der Waals surface area contributed by atoms with E-state index < -0.39 is 15.8 Å². The van der Waals surface area contributed by atoms with E-state index >= 15 is 0 Å². The van der Waals surface area contributed by atoms with Crippen LogP contribution in [0.2, 0.25) is 0 Å². The molecule has 1 N–H and O–H groups in total. The van der Waals surface area contributed by atoms with Crippen molar-refractivity contribution in [3.63, 3.8) is 0 Å². The van der Waals surface area contributed by atoms with Crippen LogP contribution in [0.5, 0.6) is 0 Å². The van der Waals surface area contributed by atoms with E-state index in [0.717, 1.165) is 5.56 Å². The maximum absolute atomic E-state index is 12.7. The second kappa shape index (κ2) is 6.20. The normalized spacial score (nSPS) is 25.9. The molecule has 2 heterocycles. The third-order valence-electron chi connectivity index (χ3n) is 4.37. The highest BCUT2D eigenvalue weighted by Gasteiger charge is 2.46. The maximum atomic E-state index is 12.7. The fourth-order valence-corrected chi connectivity index (χ4v) is 4.39. The van der Waals surface area contributed by atoms with E-state index in [-0.39, 0.29) is 19.1 Å². The second-order valence-electron chi connectivity index (χ2n) is 6.08. The molecule has 1 amide bonds. The quantitative estimate of drug-likeness (QED) is 0.834. The molecule has 126 valence electrons. The van der Waals surface area contributed by atoms with Crippen LogP contribution in [0.4, 0.5) is 0 Å². The molecule has 1 atom stereocenters. The molecule has 3 rings (SSSR count). The van der Waals surface area contributed by atoms with Crippen LogP contribution in [0.25, 0.3) is 0 Å². The van der Waals surface area contributed by atoms with Crippen molar-refractivity contribution >= 4 is 16.1 Å². The van der Waals surface area contributed by atoms with Gasteiger partial charge in [0.25, 0.3) is 10.2 Å². The van der Waals surface area contributed by atoms with Crippen LogP contribution in [-0.4, -0.2) is 61.8 Å². The lowest BCUT2D eigenvalue weighted by Crippen LogP contribution is -2.54. The molecule has 23 heavy (non-hydrogen) atoms. The average molecular weight is 339 g/mol. The van der Waals surface area contributed by atoms with Crippen molar-refractivity contribution in [1.29, 1.82) is 0 Å². The van der Waals surface area contributed by atoms with Gasteiger partial charge in [0, 0.05) is 33.2 Å². The van der Waals surface area contributed by atoms with Crippen molar-refractivity contribution in [2.45, 2.75) is 18.6 Å². The van der Waals surface area contributed by atoms with Gasteiger partial charge in [-0.05, 0) is 12.0 Å². The third kappa shape index (κ3) is 3.40. The zero-order chi connectivity index (χ0) is 16.5. The Kier molecular flexibility index (Phi) is 4.41. The Bertz CT molecular complexity index is 667. The molecule has 0 radical (unpaired) electrons. The number of rotatable bonds is 4. The third-order valence-corrected chi connectivity index (χ3v) is 6.25. The molecule has 0 aliphatic carbocycles. The summed E-state index contributed by atoms with van der Waals surface area (Å²) in [4.78, 5) is 11.2. The summed E-state index contributed by atoms with van der Waals surface area (Å²) in [7, 11) is -1.97. The summed E-state index contributed by atoms with van der Waals surface area (Å²) in [6.45, 7) is 1.35. The topological polar surface area (TPSA) is 79.0 Å².